The van der Waals surface area contributed by atoms with Gasteiger partial charge < -0.3 is 9.67 Å². The Morgan fingerprint density at radius 3 is 2.40 bits per heavy atom. The van der Waals surface area contributed by atoms with Crippen LogP contribution in [0.2, 0.25) is 0 Å². The third-order valence-electron chi connectivity index (χ3n) is 3.07. The van der Waals surface area contributed by atoms with Crippen molar-refractivity contribution in [2.45, 2.75) is 0 Å². The van der Waals surface area contributed by atoms with Gasteiger partial charge in [-0.15, -0.1) is 0 Å². The van der Waals surface area contributed by atoms with Crippen molar-refractivity contribution in [1.29, 1.82) is 0 Å². The van der Waals surface area contributed by atoms with Crippen LogP contribution in [-0.4, -0.2) is 15.6 Å². The average Bonchev–Trinajstić information content (AvgIpc) is 2.80. The molecular formula is C15H9Br2NO2. The van der Waals surface area contributed by atoms with Crippen molar-refractivity contribution in [2.75, 3.05) is 0 Å². The van der Waals surface area contributed by atoms with E-state index in [0.717, 1.165) is 25.4 Å². The maximum Gasteiger partial charge on any atom is 0.352 e. The molecule has 0 amide bonds. The molecule has 100 valence electrons. The Bertz CT molecular complexity index is 824. The van der Waals surface area contributed by atoms with E-state index in [9.17, 15) is 9.90 Å². The second-order valence-electron chi connectivity index (χ2n) is 4.39. The van der Waals surface area contributed by atoms with Crippen molar-refractivity contribution >= 4 is 48.6 Å². The Kier molecular flexibility index (Phi) is 3.40. The van der Waals surface area contributed by atoms with Crippen molar-refractivity contribution < 1.29 is 9.90 Å². The lowest BCUT2D eigenvalue weighted by atomic mass is 10.1. The molecule has 2 aromatic carbocycles. The van der Waals surface area contributed by atoms with Crippen LogP contribution in [0.25, 0.3) is 16.5 Å². The van der Waals surface area contributed by atoms with Crippen molar-refractivity contribution in [3.05, 3.63) is 63.3 Å². The number of hydrogen-bond acceptors (Lipinski definition) is 1. The Labute approximate surface area is 132 Å². The largest absolute Gasteiger partial charge is 0.477 e. The fraction of sp³-hybridized carbons (Fsp3) is 0. The zero-order chi connectivity index (χ0) is 14.3. The highest BCUT2D eigenvalue weighted by Crippen LogP contribution is 2.25. The molecule has 0 unspecified atom stereocenters. The minimum atomic E-state index is -0.952. The smallest absolute Gasteiger partial charge is 0.352 e. The molecule has 0 saturated carbocycles. The summed E-state index contributed by atoms with van der Waals surface area (Å²) in [6, 6.07) is 13.5. The van der Waals surface area contributed by atoms with Crippen molar-refractivity contribution in [3.63, 3.8) is 0 Å². The lowest BCUT2D eigenvalue weighted by Crippen LogP contribution is -2.05. The fourth-order valence-corrected chi connectivity index (χ4v) is 2.96. The summed E-state index contributed by atoms with van der Waals surface area (Å²) in [7, 11) is 0. The van der Waals surface area contributed by atoms with Gasteiger partial charge in [-0.05, 0) is 57.0 Å². The van der Waals surface area contributed by atoms with Gasteiger partial charge in [-0.25, -0.2) is 4.79 Å². The molecule has 1 N–H and O–H groups in total. The summed E-state index contributed by atoms with van der Waals surface area (Å²) in [6.07, 6.45) is 1.75. The van der Waals surface area contributed by atoms with Gasteiger partial charge >= 0.3 is 5.97 Å². The summed E-state index contributed by atoms with van der Waals surface area (Å²) in [5, 5.41) is 11.4. The number of halogens is 2. The average molecular weight is 395 g/mol. The highest BCUT2D eigenvalue weighted by molar-refractivity contribution is 9.10. The number of carbonyl (C=O) groups is 1. The Morgan fingerprint density at radius 1 is 0.950 bits per heavy atom. The summed E-state index contributed by atoms with van der Waals surface area (Å²) in [5.41, 5.74) is 1.05. The number of nitrogens with zero attached hydrogens (tertiary/aromatic N) is 1. The maximum atomic E-state index is 11.3. The van der Waals surface area contributed by atoms with Crippen LogP contribution in [-0.2, 0) is 0 Å². The number of benzene rings is 2. The first-order chi connectivity index (χ1) is 9.54. The van der Waals surface area contributed by atoms with Crippen LogP contribution < -0.4 is 0 Å². The summed E-state index contributed by atoms with van der Waals surface area (Å²) >= 11 is 6.76. The minimum Gasteiger partial charge on any atom is -0.477 e. The lowest BCUT2D eigenvalue weighted by molar-refractivity contribution is 0.0688. The molecule has 3 rings (SSSR count). The van der Waals surface area contributed by atoms with Crippen LogP contribution in [0.1, 0.15) is 10.5 Å². The van der Waals surface area contributed by atoms with Gasteiger partial charge in [0.25, 0.3) is 0 Å². The van der Waals surface area contributed by atoms with Gasteiger partial charge in [-0.1, -0.05) is 28.1 Å². The minimum absolute atomic E-state index is 0.230. The number of carboxylic acid groups (broad SMARTS) is 1. The predicted octanol–water partition coefficient (Wildman–Crippen LogP) is 4.85. The molecule has 0 aliphatic carbocycles. The normalized spacial score (nSPS) is 10.9. The quantitative estimate of drug-likeness (QED) is 0.674. The van der Waals surface area contributed by atoms with Gasteiger partial charge in [0.2, 0.25) is 0 Å². The second-order valence-corrected chi connectivity index (χ2v) is 6.23. The Morgan fingerprint density at radius 2 is 1.65 bits per heavy atom. The summed E-state index contributed by atoms with van der Waals surface area (Å²) in [6.45, 7) is 0. The van der Waals surface area contributed by atoms with Crippen LogP contribution in [0.15, 0.2) is 57.6 Å². The number of fused-ring (bicyclic) bond motifs is 1. The number of rotatable bonds is 2. The van der Waals surface area contributed by atoms with E-state index in [0.29, 0.717) is 0 Å². The first-order valence-electron chi connectivity index (χ1n) is 5.85. The zero-order valence-electron chi connectivity index (χ0n) is 10.2. The van der Waals surface area contributed by atoms with Crippen LogP contribution in [0.5, 0.6) is 0 Å². The van der Waals surface area contributed by atoms with Gasteiger partial charge in [0.1, 0.15) is 5.69 Å². The van der Waals surface area contributed by atoms with Gasteiger partial charge in [0, 0.05) is 20.8 Å². The van der Waals surface area contributed by atoms with E-state index in [1.165, 1.54) is 0 Å². The van der Waals surface area contributed by atoms with E-state index in [-0.39, 0.29) is 5.69 Å². The SMILES string of the molecule is O=C(O)c1cc(Br)cn1-c1ccc2cc(Br)ccc2c1. The molecule has 5 heteroatoms. The molecule has 0 spiro atoms. The third-order valence-corrected chi connectivity index (χ3v) is 4.00. The van der Waals surface area contributed by atoms with Gasteiger partial charge in [0.05, 0.1) is 0 Å². The van der Waals surface area contributed by atoms with Gasteiger partial charge in [-0.2, -0.15) is 0 Å². The molecule has 0 saturated heterocycles. The number of aromatic nitrogens is 1. The third kappa shape index (κ3) is 2.39. The van der Waals surface area contributed by atoms with E-state index >= 15 is 0 Å². The number of aromatic carboxylic acids is 1. The summed E-state index contributed by atoms with van der Waals surface area (Å²) in [5.74, 6) is -0.952. The van der Waals surface area contributed by atoms with Crippen molar-refractivity contribution in [3.8, 4) is 5.69 Å². The van der Waals surface area contributed by atoms with E-state index in [2.05, 4.69) is 31.9 Å². The standard InChI is InChI=1S/C15H9Br2NO2/c16-11-3-1-10-6-13(4-2-9(10)5-11)18-8-12(17)7-14(18)15(19)20/h1-8H,(H,19,20). The second kappa shape index (κ2) is 5.07. The van der Waals surface area contributed by atoms with Crippen LogP contribution in [0.3, 0.4) is 0 Å². The first-order valence-corrected chi connectivity index (χ1v) is 7.44. The molecule has 0 aliphatic rings. The fourth-order valence-electron chi connectivity index (χ4n) is 2.16. The molecule has 0 bridgehead atoms. The molecule has 1 heterocycles. The van der Waals surface area contributed by atoms with E-state index in [1.807, 2.05) is 36.4 Å². The van der Waals surface area contributed by atoms with Crippen LogP contribution in [0.4, 0.5) is 0 Å². The van der Waals surface area contributed by atoms with E-state index < -0.39 is 5.97 Å². The zero-order valence-corrected chi connectivity index (χ0v) is 13.3. The summed E-state index contributed by atoms with van der Waals surface area (Å²) in [4.78, 5) is 11.3. The molecule has 3 aromatic rings. The first kappa shape index (κ1) is 13.4. The van der Waals surface area contributed by atoms with E-state index in [1.54, 1.807) is 16.8 Å². The molecule has 0 radical (unpaired) electrons. The number of carboxylic acids is 1. The monoisotopic (exact) mass is 393 g/mol. The summed E-state index contributed by atoms with van der Waals surface area (Å²) < 4.78 is 3.42. The highest BCUT2D eigenvalue weighted by Gasteiger charge is 2.13. The maximum absolute atomic E-state index is 11.3. The molecule has 0 atom stereocenters. The lowest BCUT2D eigenvalue weighted by Gasteiger charge is -2.08. The predicted molar refractivity (Wildman–Crippen MR) is 85.6 cm³/mol. The van der Waals surface area contributed by atoms with Crippen molar-refractivity contribution in [2.24, 2.45) is 0 Å². The molecule has 0 aliphatic heterocycles. The molecule has 0 fully saturated rings. The number of hydrogen-bond donors (Lipinski definition) is 1. The van der Waals surface area contributed by atoms with Crippen molar-refractivity contribution in [1.82, 2.24) is 4.57 Å². The van der Waals surface area contributed by atoms with Crippen LogP contribution >= 0.6 is 31.9 Å². The Balaban J connectivity index is 2.20. The van der Waals surface area contributed by atoms with E-state index in [4.69, 9.17) is 0 Å². The molecule has 20 heavy (non-hydrogen) atoms. The van der Waals surface area contributed by atoms with Gasteiger partial charge in [-0.3, -0.25) is 0 Å². The highest BCUT2D eigenvalue weighted by atomic mass is 79.9. The van der Waals surface area contributed by atoms with Gasteiger partial charge in [0.15, 0.2) is 0 Å². The topological polar surface area (TPSA) is 42.2 Å². The van der Waals surface area contributed by atoms with Crippen LogP contribution in [0, 0.1) is 0 Å². The molecule has 3 nitrogen and oxygen atoms in total. The molecular weight excluding hydrogens is 386 g/mol. The Hall–Kier alpha value is -1.59. The molecule has 1 aromatic heterocycles.